The molecule has 6 heteroatoms. The van der Waals surface area contributed by atoms with Crippen LogP contribution in [0.15, 0.2) is 77.7 Å². The van der Waals surface area contributed by atoms with Gasteiger partial charge in [-0.25, -0.2) is 9.69 Å². The summed E-state index contributed by atoms with van der Waals surface area (Å²) < 4.78 is 0. The number of carbonyl (C=O) groups is 2. The summed E-state index contributed by atoms with van der Waals surface area (Å²) in [6.45, 7) is 4.47. The molecule has 0 aliphatic carbocycles. The van der Waals surface area contributed by atoms with E-state index in [1.165, 1.54) is 10.5 Å². The van der Waals surface area contributed by atoms with Crippen molar-refractivity contribution >= 4 is 40.3 Å². The average molecular weight is 482 g/mol. The Hall–Kier alpha value is -3.51. The van der Waals surface area contributed by atoms with Crippen molar-refractivity contribution in [2.75, 3.05) is 17.7 Å². The zero-order chi connectivity index (χ0) is 24.3. The van der Waals surface area contributed by atoms with Crippen molar-refractivity contribution < 1.29 is 9.59 Å². The molecule has 3 aromatic carbocycles. The number of hydrogen-bond donors (Lipinski definition) is 1. The Balaban J connectivity index is 1.53. The standard InChI is InChI=1S/C29H27N3O2S/c1-4-18-9-11-19(12-10-18)23-17-31-28(34)32(20-13-15-21(35-3)16-14-20)27(33)29(31,2)26-25(23)22-7-5-6-8-24(22)30-26/h5-16,23,30H,4,17H2,1-3H3/t23?,29-/m0/s1. The van der Waals surface area contributed by atoms with E-state index in [4.69, 9.17) is 0 Å². The number of H-pyrrole nitrogens is 1. The summed E-state index contributed by atoms with van der Waals surface area (Å²) in [4.78, 5) is 35.6. The van der Waals surface area contributed by atoms with Gasteiger partial charge in [0.25, 0.3) is 5.91 Å². The van der Waals surface area contributed by atoms with Gasteiger partial charge in [-0.15, -0.1) is 11.8 Å². The number of urea groups is 1. The van der Waals surface area contributed by atoms with Gasteiger partial charge in [-0.2, -0.15) is 0 Å². The number of benzene rings is 3. The monoisotopic (exact) mass is 481 g/mol. The Morgan fingerprint density at radius 2 is 1.71 bits per heavy atom. The molecule has 0 bridgehead atoms. The van der Waals surface area contributed by atoms with E-state index in [-0.39, 0.29) is 17.9 Å². The second-order valence-corrected chi connectivity index (χ2v) is 10.3. The van der Waals surface area contributed by atoms with E-state index in [2.05, 4.69) is 42.2 Å². The molecule has 1 fully saturated rings. The van der Waals surface area contributed by atoms with E-state index >= 15 is 0 Å². The molecule has 2 aliphatic heterocycles. The van der Waals surface area contributed by atoms with Gasteiger partial charge >= 0.3 is 6.03 Å². The van der Waals surface area contributed by atoms with E-state index in [0.29, 0.717) is 12.2 Å². The summed E-state index contributed by atoms with van der Waals surface area (Å²) in [6, 6.07) is 24.2. The average Bonchev–Trinajstić information content (AvgIpc) is 3.38. The first-order valence-electron chi connectivity index (χ1n) is 12.0. The van der Waals surface area contributed by atoms with Crippen LogP contribution in [0, 0.1) is 0 Å². The third-order valence-corrected chi connectivity index (χ3v) is 8.39. The van der Waals surface area contributed by atoms with Gasteiger partial charge in [-0.1, -0.05) is 49.4 Å². The van der Waals surface area contributed by atoms with Crippen LogP contribution in [0.3, 0.4) is 0 Å². The Labute approximate surface area is 209 Å². The highest BCUT2D eigenvalue weighted by molar-refractivity contribution is 7.98. The van der Waals surface area contributed by atoms with Crippen LogP contribution in [0.4, 0.5) is 10.5 Å². The predicted octanol–water partition coefficient (Wildman–Crippen LogP) is 6.28. The lowest BCUT2D eigenvalue weighted by molar-refractivity contribution is -0.125. The topological polar surface area (TPSA) is 56.4 Å². The molecule has 35 heavy (non-hydrogen) atoms. The van der Waals surface area contributed by atoms with Crippen LogP contribution < -0.4 is 4.90 Å². The first kappa shape index (κ1) is 22.0. The number of aromatic amines is 1. The summed E-state index contributed by atoms with van der Waals surface area (Å²) in [5.74, 6) is -0.248. The fourth-order valence-corrected chi connectivity index (χ4v) is 6.04. The van der Waals surface area contributed by atoms with Crippen molar-refractivity contribution in [1.29, 1.82) is 0 Å². The number of rotatable bonds is 4. The number of nitrogens with one attached hydrogen (secondary N) is 1. The molecule has 1 unspecified atom stereocenters. The molecular formula is C29H27N3O2S. The number of aryl methyl sites for hydroxylation is 1. The van der Waals surface area contributed by atoms with Crippen LogP contribution in [0.5, 0.6) is 0 Å². The molecule has 176 valence electrons. The fourth-order valence-electron chi connectivity index (χ4n) is 5.63. The lowest BCUT2D eigenvalue weighted by Crippen LogP contribution is -2.50. The van der Waals surface area contributed by atoms with E-state index in [1.807, 2.05) is 55.6 Å². The molecule has 0 spiro atoms. The highest BCUT2D eigenvalue weighted by atomic mass is 32.2. The first-order valence-corrected chi connectivity index (χ1v) is 13.2. The van der Waals surface area contributed by atoms with Crippen LogP contribution in [0.2, 0.25) is 0 Å². The second-order valence-electron chi connectivity index (χ2n) is 9.41. The summed E-state index contributed by atoms with van der Waals surface area (Å²) >= 11 is 1.63. The fraction of sp³-hybridized carbons (Fsp3) is 0.241. The molecule has 4 aromatic rings. The number of nitrogens with zero attached hydrogens (tertiary/aromatic N) is 2. The summed E-state index contributed by atoms with van der Waals surface area (Å²) in [6.07, 6.45) is 2.98. The summed E-state index contributed by atoms with van der Waals surface area (Å²) in [7, 11) is 0. The van der Waals surface area contributed by atoms with Crippen LogP contribution in [0.25, 0.3) is 10.9 Å². The summed E-state index contributed by atoms with van der Waals surface area (Å²) in [5.41, 5.74) is 4.86. The minimum Gasteiger partial charge on any atom is -0.356 e. The van der Waals surface area contributed by atoms with Crippen LogP contribution in [-0.2, 0) is 16.8 Å². The quantitative estimate of drug-likeness (QED) is 0.276. The maximum Gasteiger partial charge on any atom is 0.332 e. The predicted molar refractivity (Wildman–Crippen MR) is 141 cm³/mol. The smallest absolute Gasteiger partial charge is 0.332 e. The van der Waals surface area contributed by atoms with Crippen molar-refractivity contribution in [3.63, 3.8) is 0 Å². The van der Waals surface area contributed by atoms with Gasteiger partial charge in [0.05, 0.1) is 11.4 Å². The molecule has 1 saturated heterocycles. The molecule has 6 rings (SSSR count). The molecule has 2 aliphatic rings. The zero-order valence-electron chi connectivity index (χ0n) is 20.0. The molecule has 2 atom stereocenters. The van der Waals surface area contributed by atoms with Gasteiger partial charge in [-0.05, 0) is 66.6 Å². The third-order valence-electron chi connectivity index (χ3n) is 7.65. The van der Waals surface area contributed by atoms with Crippen molar-refractivity contribution in [3.05, 3.63) is 95.2 Å². The Kier molecular flexibility index (Phi) is 5.04. The van der Waals surface area contributed by atoms with Gasteiger partial charge in [0.1, 0.15) is 0 Å². The summed E-state index contributed by atoms with van der Waals surface area (Å²) in [5, 5.41) is 1.11. The van der Waals surface area contributed by atoms with E-state index in [9.17, 15) is 9.59 Å². The van der Waals surface area contributed by atoms with Gasteiger partial charge in [0.2, 0.25) is 0 Å². The largest absolute Gasteiger partial charge is 0.356 e. The maximum atomic E-state index is 14.0. The van der Waals surface area contributed by atoms with Crippen LogP contribution in [0.1, 0.15) is 42.1 Å². The molecule has 3 amide bonds. The van der Waals surface area contributed by atoms with Crippen LogP contribution >= 0.6 is 11.8 Å². The first-order chi connectivity index (χ1) is 17.0. The Bertz CT molecular complexity index is 1460. The number of anilines is 1. The van der Waals surface area contributed by atoms with Gasteiger partial charge < -0.3 is 9.88 Å². The second kappa shape index (κ2) is 8.02. The van der Waals surface area contributed by atoms with Crippen LogP contribution in [-0.4, -0.2) is 34.6 Å². The van der Waals surface area contributed by atoms with Gasteiger partial charge in [-0.3, -0.25) is 4.79 Å². The lowest BCUT2D eigenvalue weighted by atomic mass is 9.78. The van der Waals surface area contributed by atoms with E-state index in [1.54, 1.807) is 16.7 Å². The molecule has 0 radical (unpaired) electrons. The Morgan fingerprint density at radius 3 is 2.40 bits per heavy atom. The Morgan fingerprint density at radius 1 is 1.00 bits per heavy atom. The molecule has 1 aromatic heterocycles. The lowest BCUT2D eigenvalue weighted by Gasteiger charge is -2.40. The van der Waals surface area contributed by atoms with Gasteiger partial charge in [0, 0.05) is 28.3 Å². The number of fused-ring (bicyclic) bond motifs is 5. The van der Waals surface area contributed by atoms with Crippen molar-refractivity contribution in [2.24, 2.45) is 0 Å². The minimum atomic E-state index is -1.09. The van der Waals surface area contributed by atoms with Crippen molar-refractivity contribution in [3.8, 4) is 0 Å². The maximum absolute atomic E-state index is 14.0. The number of aromatic nitrogens is 1. The van der Waals surface area contributed by atoms with Gasteiger partial charge in [0.15, 0.2) is 5.54 Å². The number of hydrogen-bond acceptors (Lipinski definition) is 3. The normalized spacial score (nSPS) is 21.5. The third kappa shape index (κ3) is 3.09. The SMILES string of the molecule is CCc1ccc(C2CN3C(=O)N(c4ccc(SC)cc4)C(=O)[C@]3(C)c3[nH]c4ccccc4c32)cc1. The van der Waals surface area contributed by atoms with Crippen molar-refractivity contribution in [1.82, 2.24) is 9.88 Å². The number of thioether (sulfide) groups is 1. The van der Waals surface area contributed by atoms with E-state index in [0.717, 1.165) is 39.0 Å². The van der Waals surface area contributed by atoms with Crippen molar-refractivity contribution in [2.45, 2.75) is 36.6 Å². The highest BCUT2D eigenvalue weighted by Crippen LogP contribution is 2.50. The number of imide groups is 1. The molecular weight excluding hydrogens is 454 g/mol. The highest BCUT2D eigenvalue weighted by Gasteiger charge is 2.60. The zero-order valence-corrected chi connectivity index (χ0v) is 20.9. The molecule has 5 nitrogen and oxygen atoms in total. The molecule has 1 N–H and O–H groups in total. The molecule has 0 saturated carbocycles. The number of carbonyl (C=O) groups excluding carboxylic acids is 2. The molecule has 3 heterocycles. The van der Waals surface area contributed by atoms with E-state index < -0.39 is 5.54 Å². The number of para-hydroxylation sites is 1. The number of amides is 3. The minimum absolute atomic E-state index is 0.0318.